The number of aromatic nitrogens is 3. The molecule has 0 bridgehead atoms. The zero-order chi connectivity index (χ0) is 20.7. The molecule has 1 aliphatic heterocycles. The lowest BCUT2D eigenvalue weighted by molar-refractivity contribution is -0.136. The van der Waals surface area contributed by atoms with E-state index in [1.54, 1.807) is 6.07 Å². The summed E-state index contributed by atoms with van der Waals surface area (Å²) in [6, 6.07) is 4.50. The van der Waals surface area contributed by atoms with Gasteiger partial charge in [0.2, 0.25) is 5.91 Å². The van der Waals surface area contributed by atoms with Gasteiger partial charge in [-0.05, 0) is 38.8 Å². The summed E-state index contributed by atoms with van der Waals surface area (Å²) in [5, 5.41) is 10.1. The molecule has 3 aromatic rings. The van der Waals surface area contributed by atoms with Gasteiger partial charge in [-0.2, -0.15) is 5.10 Å². The van der Waals surface area contributed by atoms with Crippen molar-refractivity contribution in [3.8, 4) is 0 Å². The van der Waals surface area contributed by atoms with E-state index in [2.05, 4.69) is 10.3 Å². The van der Waals surface area contributed by atoms with Gasteiger partial charge in [-0.15, -0.1) is 0 Å². The van der Waals surface area contributed by atoms with Gasteiger partial charge in [0.1, 0.15) is 5.82 Å². The van der Waals surface area contributed by atoms with Crippen LogP contribution < -0.4 is 0 Å². The molecule has 0 N–H and O–H groups in total. The number of amides is 1. The lowest BCUT2D eigenvalue weighted by Crippen LogP contribution is -2.41. The molecule has 8 heteroatoms. The quantitative estimate of drug-likeness (QED) is 0.626. The molecule has 1 atom stereocenters. The van der Waals surface area contributed by atoms with Crippen LogP contribution in [0.2, 0.25) is 5.02 Å². The maximum atomic E-state index is 13.4. The Morgan fingerprint density at radius 2 is 2.07 bits per heavy atom. The highest BCUT2D eigenvalue weighted by Crippen LogP contribution is 2.33. The van der Waals surface area contributed by atoms with Crippen LogP contribution in [-0.2, 0) is 11.3 Å². The summed E-state index contributed by atoms with van der Waals surface area (Å²) in [7, 11) is 0. The standard InChI is InChI=1S/C21H24ClFN4O2/c1-12(11-27-14(3)19(22)13(2)24-27)21(28)26-8-6-15(7-9-26)20-17-5-4-16(23)10-18(17)29-25-20/h4-5,10,12,15H,6-9,11H2,1-3H3. The fourth-order valence-electron chi connectivity index (χ4n) is 4.10. The van der Waals surface area contributed by atoms with Crippen LogP contribution in [0.15, 0.2) is 22.7 Å². The van der Waals surface area contributed by atoms with Gasteiger partial charge in [-0.3, -0.25) is 9.48 Å². The molecule has 1 aliphatic rings. The Bertz CT molecular complexity index is 1050. The molecule has 1 aromatic carbocycles. The molecule has 4 rings (SSSR count). The first kappa shape index (κ1) is 19.9. The second kappa shape index (κ2) is 7.78. The first-order valence-electron chi connectivity index (χ1n) is 9.88. The zero-order valence-corrected chi connectivity index (χ0v) is 17.5. The Morgan fingerprint density at radius 1 is 1.34 bits per heavy atom. The third-order valence-electron chi connectivity index (χ3n) is 5.82. The molecule has 3 heterocycles. The van der Waals surface area contributed by atoms with Crippen molar-refractivity contribution in [1.29, 1.82) is 0 Å². The van der Waals surface area contributed by atoms with E-state index in [9.17, 15) is 9.18 Å². The Morgan fingerprint density at radius 3 is 2.72 bits per heavy atom. The average molecular weight is 419 g/mol. The van der Waals surface area contributed by atoms with E-state index in [0.29, 0.717) is 30.2 Å². The Hall–Kier alpha value is -2.41. The van der Waals surface area contributed by atoms with E-state index in [1.165, 1.54) is 12.1 Å². The summed E-state index contributed by atoms with van der Waals surface area (Å²) >= 11 is 6.21. The van der Waals surface area contributed by atoms with E-state index in [-0.39, 0.29) is 23.6 Å². The second-order valence-electron chi connectivity index (χ2n) is 7.88. The number of likely N-dealkylation sites (tertiary alicyclic amines) is 1. The van der Waals surface area contributed by atoms with Crippen molar-refractivity contribution in [2.75, 3.05) is 13.1 Å². The van der Waals surface area contributed by atoms with Crippen LogP contribution in [0.25, 0.3) is 11.0 Å². The summed E-state index contributed by atoms with van der Waals surface area (Å²) in [6.07, 6.45) is 1.62. The van der Waals surface area contributed by atoms with Gasteiger partial charge in [0.05, 0.1) is 34.6 Å². The van der Waals surface area contributed by atoms with Gasteiger partial charge in [0.15, 0.2) is 5.58 Å². The van der Waals surface area contributed by atoms with E-state index < -0.39 is 0 Å². The van der Waals surface area contributed by atoms with E-state index >= 15 is 0 Å². The number of hydrogen-bond acceptors (Lipinski definition) is 4. The molecular formula is C21H24ClFN4O2. The summed E-state index contributed by atoms with van der Waals surface area (Å²) in [5.74, 6) is -0.190. The third-order valence-corrected chi connectivity index (χ3v) is 6.36. The fourth-order valence-corrected chi connectivity index (χ4v) is 4.24. The predicted octanol–water partition coefficient (Wildman–Crippen LogP) is 4.48. The molecule has 0 radical (unpaired) electrons. The molecule has 1 fully saturated rings. The maximum Gasteiger partial charge on any atom is 0.227 e. The first-order valence-corrected chi connectivity index (χ1v) is 10.3. The minimum absolute atomic E-state index is 0.124. The number of benzene rings is 1. The zero-order valence-electron chi connectivity index (χ0n) is 16.8. The molecule has 2 aromatic heterocycles. The summed E-state index contributed by atoms with van der Waals surface area (Å²) < 4.78 is 20.5. The Kier molecular flexibility index (Phi) is 5.34. The number of carbonyl (C=O) groups excluding carboxylic acids is 1. The number of aryl methyl sites for hydroxylation is 1. The highest BCUT2D eigenvalue weighted by molar-refractivity contribution is 6.31. The van der Waals surface area contributed by atoms with Crippen molar-refractivity contribution in [1.82, 2.24) is 19.8 Å². The average Bonchev–Trinajstić information content (AvgIpc) is 3.23. The van der Waals surface area contributed by atoms with Crippen LogP contribution in [0.3, 0.4) is 0 Å². The van der Waals surface area contributed by atoms with E-state index in [4.69, 9.17) is 16.1 Å². The van der Waals surface area contributed by atoms with Crippen LogP contribution in [0.5, 0.6) is 0 Å². The molecule has 29 heavy (non-hydrogen) atoms. The van der Waals surface area contributed by atoms with Gasteiger partial charge >= 0.3 is 0 Å². The topological polar surface area (TPSA) is 64.2 Å². The van der Waals surface area contributed by atoms with Gasteiger partial charge in [0.25, 0.3) is 0 Å². The van der Waals surface area contributed by atoms with Gasteiger partial charge in [-0.1, -0.05) is 23.7 Å². The number of carbonyl (C=O) groups is 1. The molecule has 0 saturated carbocycles. The number of piperidine rings is 1. The highest BCUT2D eigenvalue weighted by Gasteiger charge is 2.29. The molecule has 1 amide bonds. The minimum Gasteiger partial charge on any atom is -0.356 e. The molecule has 0 spiro atoms. The number of rotatable bonds is 4. The number of nitrogens with zero attached hydrogens (tertiary/aromatic N) is 4. The minimum atomic E-state index is -0.335. The number of hydrogen-bond donors (Lipinski definition) is 0. The monoisotopic (exact) mass is 418 g/mol. The molecule has 154 valence electrons. The second-order valence-corrected chi connectivity index (χ2v) is 8.25. The third kappa shape index (κ3) is 3.75. The largest absolute Gasteiger partial charge is 0.356 e. The van der Waals surface area contributed by atoms with E-state index in [0.717, 1.165) is 35.3 Å². The van der Waals surface area contributed by atoms with Crippen molar-refractivity contribution in [2.24, 2.45) is 5.92 Å². The lowest BCUT2D eigenvalue weighted by Gasteiger charge is -2.33. The molecule has 1 saturated heterocycles. The summed E-state index contributed by atoms with van der Waals surface area (Å²) in [6.45, 7) is 7.56. The Balaban J connectivity index is 1.39. The Labute approximate surface area is 173 Å². The normalized spacial score (nSPS) is 16.5. The van der Waals surface area contributed by atoms with Gasteiger partial charge in [-0.25, -0.2) is 4.39 Å². The first-order chi connectivity index (χ1) is 13.8. The van der Waals surface area contributed by atoms with Crippen molar-refractivity contribution >= 4 is 28.5 Å². The lowest BCUT2D eigenvalue weighted by atomic mass is 9.91. The van der Waals surface area contributed by atoms with Crippen molar-refractivity contribution < 1.29 is 13.7 Å². The summed E-state index contributed by atoms with van der Waals surface area (Å²) in [4.78, 5) is 14.8. The molecule has 6 nitrogen and oxygen atoms in total. The van der Waals surface area contributed by atoms with Crippen molar-refractivity contribution in [3.63, 3.8) is 0 Å². The van der Waals surface area contributed by atoms with Gasteiger partial charge in [0, 0.05) is 30.5 Å². The molecule has 1 unspecified atom stereocenters. The number of fused-ring (bicyclic) bond motifs is 1. The predicted molar refractivity (Wildman–Crippen MR) is 108 cm³/mol. The van der Waals surface area contributed by atoms with Crippen LogP contribution in [0, 0.1) is 25.6 Å². The molecular weight excluding hydrogens is 395 g/mol. The number of halogens is 2. The van der Waals surface area contributed by atoms with Crippen LogP contribution in [-0.4, -0.2) is 38.8 Å². The van der Waals surface area contributed by atoms with Crippen LogP contribution in [0.1, 0.15) is 42.8 Å². The van der Waals surface area contributed by atoms with Crippen molar-refractivity contribution in [2.45, 2.75) is 46.1 Å². The maximum absolute atomic E-state index is 13.4. The fraction of sp³-hybridized carbons (Fsp3) is 0.476. The van der Waals surface area contributed by atoms with Crippen LogP contribution >= 0.6 is 11.6 Å². The van der Waals surface area contributed by atoms with Crippen molar-refractivity contribution in [3.05, 3.63) is 46.1 Å². The molecule has 0 aliphatic carbocycles. The SMILES string of the molecule is Cc1nn(CC(C)C(=O)N2CCC(c3noc4cc(F)ccc34)CC2)c(C)c1Cl. The van der Waals surface area contributed by atoms with E-state index in [1.807, 2.05) is 30.4 Å². The summed E-state index contributed by atoms with van der Waals surface area (Å²) in [5.41, 5.74) is 2.99. The highest BCUT2D eigenvalue weighted by atomic mass is 35.5. The van der Waals surface area contributed by atoms with Crippen LogP contribution in [0.4, 0.5) is 4.39 Å². The smallest absolute Gasteiger partial charge is 0.227 e. The van der Waals surface area contributed by atoms with Gasteiger partial charge < -0.3 is 9.42 Å².